The molecular weight excluding hydrogens is 386 g/mol. The number of benzene rings is 2. The summed E-state index contributed by atoms with van der Waals surface area (Å²) in [5.74, 6) is 0.0740. The van der Waals surface area contributed by atoms with Gasteiger partial charge in [-0.2, -0.15) is 11.8 Å². The Morgan fingerprint density at radius 2 is 1.76 bits per heavy atom. The van der Waals surface area contributed by atoms with Crippen molar-refractivity contribution >= 4 is 29.6 Å². The van der Waals surface area contributed by atoms with Gasteiger partial charge in [-0.1, -0.05) is 54.6 Å². The van der Waals surface area contributed by atoms with E-state index < -0.39 is 12.1 Å². The van der Waals surface area contributed by atoms with Crippen LogP contribution in [0.15, 0.2) is 54.6 Å². The Morgan fingerprint density at radius 1 is 1.10 bits per heavy atom. The average molecular weight is 412 g/mol. The molecule has 3 rings (SSSR count). The number of carbonyl (C=O) groups excluding carboxylic acids is 3. The monoisotopic (exact) mass is 411 g/mol. The van der Waals surface area contributed by atoms with Crippen molar-refractivity contribution in [3.8, 4) is 11.1 Å². The number of hydrogen-bond acceptors (Lipinski definition) is 4. The molecule has 7 heteroatoms. The Kier molecular flexibility index (Phi) is 6.93. The van der Waals surface area contributed by atoms with E-state index in [0.717, 1.165) is 27.3 Å². The highest BCUT2D eigenvalue weighted by atomic mass is 32.2. The number of nitrogens with one attached hydrogen (secondary N) is 2. The van der Waals surface area contributed by atoms with Crippen LogP contribution in [0.3, 0.4) is 0 Å². The lowest BCUT2D eigenvalue weighted by Crippen LogP contribution is -2.41. The van der Waals surface area contributed by atoms with Gasteiger partial charge in [-0.3, -0.25) is 14.5 Å². The molecule has 1 fully saturated rings. The van der Waals surface area contributed by atoms with Crippen LogP contribution >= 0.6 is 11.8 Å². The van der Waals surface area contributed by atoms with E-state index in [1.54, 1.807) is 11.8 Å². The second kappa shape index (κ2) is 9.60. The van der Waals surface area contributed by atoms with Crippen LogP contribution in [-0.2, 0) is 9.59 Å². The van der Waals surface area contributed by atoms with Gasteiger partial charge in [0.1, 0.15) is 12.6 Å². The third-order valence-electron chi connectivity index (χ3n) is 4.91. The van der Waals surface area contributed by atoms with Crippen molar-refractivity contribution in [2.45, 2.75) is 25.4 Å². The lowest BCUT2D eigenvalue weighted by atomic mass is 10.0. The molecule has 152 valence electrons. The zero-order chi connectivity index (χ0) is 20.8. The molecule has 4 amide bonds. The van der Waals surface area contributed by atoms with Gasteiger partial charge < -0.3 is 10.6 Å². The molecule has 0 saturated carbocycles. The van der Waals surface area contributed by atoms with Gasteiger partial charge in [0.25, 0.3) is 5.91 Å². The highest BCUT2D eigenvalue weighted by molar-refractivity contribution is 7.98. The smallest absolute Gasteiger partial charge is 0.325 e. The third kappa shape index (κ3) is 5.17. The van der Waals surface area contributed by atoms with Crippen LogP contribution in [0.5, 0.6) is 0 Å². The summed E-state index contributed by atoms with van der Waals surface area (Å²) in [6, 6.07) is 16.8. The molecule has 1 aliphatic heterocycles. The fourth-order valence-corrected chi connectivity index (χ4v) is 3.74. The number of nitrogens with zero attached hydrogens (tertiary/aromatic N) is 1. The summed E-state index contributed by atoms with van der Waals surface area (Å²) in [6.07, 6.45) is 2.51. The minimum atomic E-state index is -0.536. The lowest BCUT2D eigenvalue weighted by molar-refractivity contribution is -0.132. The van der Waals surface area contributed by atoms with Gasteiger partial charge in [0.2, 0.25) is 5.91 Å². The molecule has 0 unspecified atom stereocenters. The molecule has 29 heavy (non-hydrogen) atoms. The molecule has 0 bridgehead atoms. The van der Waals surface area contributed by atoms with Crippen LogP contribution in [-0.4, -0.2) is 47.3 Å². The largest absolute Gasteiger partial charge is 0.348 e. The summed E-state index contributed by atoms with van der Waals surface area (Å²) >= 11 is 1.61. The van der Waals surface area contributed by atoms with Crippen LogP contribution in [0.1, 0.15) is 24.9 Å². The van der Waals surface area contributed by atoms with E-state index in [-0.39, 0.29) is 24.4 Å². The minimum Gasteiger partial charge on any atom is -0.348 e. The molecule has 0 spiro atoms. The van der Waals surface area contributed by atoms with Gasteiger partial charge in [-0.25, -0.2) is 4.79 Å². The first kappa shape index (κ1) is 20.9. The Balaban J connectivity index is 1.56. The molecule has 0 aromatic heterocycles. The van der Waals surface area contributed by atoms with Gasteiger partial charge in [-0.05, 0) is 42.0 Å². The standard InChI is InChI=1S/C22H25N3O3S/c1-15(16-8-10-18(11-9-16)17-6-4-3-5-7-17)23-20(26)14-25-21(27)19(12-13-29-2)24-22(25)28/h3-11,15,19H,12-14H2,1-2H3,(H,23,26)(H,24,28)/t15-,19+/m0/s1. The normalized spacial score (nSPS) is 17.2. The quantitative estimate of drug-likeness (QED) is 0.654. The van der Waals surface area contributed by atoms with E-state index >= 15 is 0 Å². The molecule has 2 atom stereocenters. The topological polar surface area (TPSA) is 78.5 Å². The van der Waals surface area contributed by atoms with E-state index in [9.17, 15) is 14.4 Å². The van der Waals surface area contributed by atoms with Crippen LogP contribution in [0, 0.1) is 0 Å². The van der Waals surface area contributed by atoms with Crippen LogP contribution in [0.2, 0.25) is 0 Å². The minimum absolute atomic E-state index is 0.236. The van der Waals surface area contributed by atoms with Gasteiger partial charge >= 0.3 is 6.03 Å². The maximum Gasteiger partial charge on any atom is 0.325 e. The Hall–Kier alpha value is -2.80. The molecule has 6 nitrogen and oxygen atoms in total. The van der Waals surface area contributed by atoms with Crippen molar-refractivity contribution in [1.82, 2.24) is 15.5 Å². The Bertz CT molecular complexity index is 871. The van der Waals surface area contributed by atoms with Gasteiger partial charge in [0.15, 0.2) is 0 Å². The highest BCUT2D eigenvalue weighted by Gasteiger charge is 2.38. The number of imide groups is 1. The Labute approximate surface area is 175 Å². The number of hydrogen-bond donors (Lipinski definition) is 2. The van der Waals surface area contributed by atoms with Crippen molar-refractivity contribution in [3.63, 3.8) is 0 Å². The summed E-state index contributed by atoms with van der Waals surface area (Å²) in [6.45, 7) is 1.61. The van der Waals surface area contributed by atoms with Crippen LogP contribution in [0.25, 0.3) is 11.1 Å². The van der Waals surface area contributed by atoms with Crippen LogP contribution in [0.4, 0.5) is 4.79 Å². The third-order valence-corrected chi connectivity index (χ3v) is 5.56. The summed E-state index contributed by atoms with van der Waals surface area (Å²) in [7, 11) is 0. The summed E-state index contributed by atoms with van der Waals surface area (Å²) < 4.78 is 0. The molecule has 0 radical (unpaired) electrons. The van der Waals surface area contributed by atoms with Crippen molar-refractivity contribution in [3.05, 3.63) is 60.2 Å². The van der Waals surface area contributed by atoms with E-state index in [1.165, 1.54) is 0 Å². The molecule has 2 aromatic carbocycles. The number of amides is 4. The number of urea groups is 1. The van der Waals surface area contributed by atoms with Gasteiger partial charge in [-0.15, -0.1) is 0 Å². The van der Waals surface area contributed by atoms with Crippen molar-refractivity contribution in [1.29, 1.82) is 0 Å². The molecule has 2 N–H and O–H groups in total. The van der Waals surface area contributed by atoms with E-state index in [0.29, 0.717) is 6.42 Å². The lowest BCUT2D eigenvalue weighted by Gasteiger charge is -2.18. The number of thioether (sulfide) groups is 1. The van der Waals surface area contributed by atoms with Gasteiger partial charge in [0, 0.05) is 0 Å². The first-order valence-corrected chi connectivity index (χ1v) is 10.9. The summed E-state index contributed by atoms with van der Waals surface area (Å²) in [4.78, 5) is 37.8. The molecule has 0 aliphatic carbocycles. The molecular formula is C22H25N3O3S. The maximum absolute atomic E-state index is 12.4. The molecule has 2 aromatic rings. The molecule has 1 saturated heterocycles. The average Bonchev–Trinajstić information content (AvgIpc) is 3.00. The second-order valence-electron chi connectivity index (χ2n) is 6.99. The summed E-state index contributed by atoms with van der Waals surface area (Å²) in [5.41, 5.74) is 3.18. The van der Waals surface area contributed by atoms with E-state index in [4.69, 9.17) is 0 Å². The van der Waals surface area contributed by atoms with Crippen molar-refractivity contribution in [2.24, 2.45) is 0 Å². The zero-order valence-electron chi connectivity index (χ0n) is 16.6. The van der Waals surface area contributed by atoms with E-state index in [2.05, 4.69) is 10.6 Å². The maximum atomic E-state index is 12.4. The fourth-order valence-electron chi connectivity index (χ4n) is 3.27. The van der Waals surface area contributed by atoms with Crippen molar-refractivity contribution < 1.29 is 14.4 Å². The first-order chi connectivity index (χ1) is 14.0. The van der Waals surface area contributed by atoms with Crippen molar-refractivity contribution in [2.75, 3.05) is 18.6 Å². The second-order valence-corrected chi connectivity index (χ2v) is 7.97. The predicted octanol–water partition coefficient (Wildman–Crippen LogP) is 3.20. The number of carbonyl (C=O) groups is 3. The van der Waals surface area contributed by atoms with Crippen LogP contribution < -0.4 is 10.6 Å². The number of rotatable bonds is 8. The van der Waals surface area contributed by atoms with E-state index in [1.807, 2.05) is 67.8 Å². The van der Waals surface area contributed by atoms with Gasteiger partial charge in [0.05, 0.1) is 6.04 Å². The predicted molar refractivity (Wildman–Crippen MR) is 115 cm³/mol. The summed E-state index contributed by atoms with van der Waals surface area (Å²) in [5, 5.41) is 5.51. The molecule has 1 heterocycles. The Morgan fingerprint density at radius 3 is 2.41 bits per heavy atom. The first-order valence-electron chi connectivity index (χ1n) is 9.55. The zero-order valence-corrected chi connectivity index (χ0v) is 17.4. The molecule has 1 aliphatic rings. The SMILES string of the molecule is CSCC[C@H]1NC(=O)N(CC(=O)N[C@@H](C)c2ccc(-c3ccccc3)cc2)C1=O. The highest BCUT2D eigenvalue weighted by Crippen LogP contribution is 2.22. The fraction of sp³-hybridized carbons (Fsp3) is 0.318.